The van der Waals surface area contributed by atoms with Crippen molar-refractivity contribution in [1.82, 2.24) is 19.2 Å². The Kier molecular flexibility index (Phi) is 5.06. The van der Waals surface area contributed by atoms with Crippen molar-refractivity contribution in [1.29, 1.82) is 0 Å². The van der Waals surface area contributed by atoms with Gasteiger partial charge in [-0.05, 0) is 31.9 Å². The Hall–Kier alpha value is -2.06. The molecular weight excluding hydrogens is 353 g/mol. The first-order chi connectivity index (χ1) is 11.5. The molecule has 1 fully saturated rings. The number of carbonyl (C=O) groups excluding carboxylic acids is 1. The highest BCUT2D eigenvalue weighted by Crippen LogP contribution is 2.22. The van der Waals surface area contributed by atoms with Gasteiger partial charge in [0.1, 0.15) is 11.6 Å². The molecule has 1 saturated heterocycles. The minimum atomic E-state index is -0.443. The number of aromatic nitrogens is 3. The number of rotatable bonds is 2. The van der Waals surface area contributed by atoms with E-state index in [0.717, 1.165) is 17.1 Å². The van der Waals surface area contributed by atoms with E-state index in [1.54, 1.807) is 17.9 Å². The first-order valence-electron chi connectivity index (χ1n) is 7.38. The number of nitrogens with one attached hydrogen (secondary N) is 1. The first-order valence-corrected chi connectivity index (χ1v) is 8.53. The highest BCUT2D eigenvalue weighted by molar-refractivity contribution is 7.09. The summed E-state index contributed by atoms with van der Waals surface area (Å²) in [5.41, 5.74) is 1.33. The third-order valence-corrected chi connectivity index (χ3v) is 4.54. The number of hydrogen-bond donors (Lipinski definition) is 1. The van der Waals surface area contributed by atoms with E-state index in [1.165, 1.54) is 12.3 Å². The van der Waals surface area contributed by atoms with Gasteiger partial charge in [0.05, 0.1) is 10.7 Å². The van der Waals surface area contributed by atoms with Crippen LogP contribution < -0.4 is 5.32 Å². The Bertz CT molecular complexity index is 784. The van der Waals surface area contributed by atoms with Gasteiger partial charge in [-0.2, -0.15) is 4.37 Å². The number of likely N-dealkylation sites (tertiary alicyclic amines) is 1. The molecule has 2 aromatic rings. The van der Waals surface area contributed by atoms with Gasteiger partial charge in [0.25, 0.3) is 0 Å². The maximum Gasteiger partial charge on any atom is 0.323 e. The van der Waals surface area contributed by atoms with Gasteiger partial charge >= 0.3 is 6.03 Å². The van der Waals surface area contributed by atoms with Crippen LogP contribution in [0.5, 0.6) is 0 Å². The van der Waals surface area contributed by atoms with Gasteiger partial charge in [-0.3, -0.25) is 10.3 Å². The van der Waals surface area contributed by atoms with Crippen LogP contribution in [0.1, 0.15) is 24.4 Å². The first kappa shape index (κ1) is 16.8. The molecule has 3 rings (SSSR count). The lowest BCUT2D eigenvalue weighted by atomic mass is 10.0. The number of pyridine rings is 1. The fraction of sp³-hybridized carbons (Fsp3) is 0.333. The zero-order valence-corrected chi connectivity index (χ0v) is 14.5. The summed E-state index contributed by atoms with van der Waals surface area (Å²) in [7, 11) is 0. The van der Waals surface area contributed by atoms with Crippen molar-refractivity contribution in [2.24, 2.45) is 0 Å². The van der Waals surface area contributed by atoms with Crippen LogP contribution in [0.3, 0.4) is 0 Å². The van der Waals surface area contributed by atoms with E-state index < -0.39 is 5.82 Å². The van der Waals surface area contributed by atoms with Gasteiger partial charge in [0, 0.05) is 30.8 Å². The lowest BCUT2D eigenvalue weighted by Gasteiger charge is -2.28. The number of halogens is 2. The van der Waals surface area contributed by atoms with Gasteiger partial charge in [0.2, 0.25) is 5.13 Å². The van der Waals surface area contributed by atoms with Gasteiger partial charge in [-0.15, -0.1) is 0 Å². The highest BCUT2D eigenvalue weighted by atomic mass is 35.5. The van der Waals surface area contributed by atoms with Crippen LogP contribution in [0.25, 0.3) is 6.08 Å². The van der Waals surface area contributed by atoms with Crippen LogP contribution in [0.15, 0.2) is 17.8 Å². The second kappa shape index (κ2) is 7.23. The van der Waals surface area contributed by atoms with E-state index in [2.05, 4.69) is 19.7 Å². The highest BCUT2D eigenvalue weighted by Gasteiger charge is 2.20. The third kappa shape index (κ3) is 4.07. The average molecular weight is 368 g/mol. The molecule has 1 aliphatic rings. The molecule has 1 aliphatic heterocycles. The molecule has 6 nitrogen and oxygen atoms in total. The van der Waals surface area contributed by atoms with Gasteiger partial charge < -0.3 is 4.90 Å². The molecule has 1 N–H and O–H groups in total. The molecule has 0 aromatic carbocycles. The van der Waals surface area contributed by atoms with Crippen LogP contribution >= 0.6 is 23.1 Å². The maximum absolute atomic E-state index is 13.8. The summed E-state index contributed by atoms with van der Waals surface area (Å²) in [6, 6.07) is 1.05. The molecular formula is C15H15ClFN5OS. The Morgan fingerprint density at radius 2 is 2.21 bits per heavy atom. The monoisotopic (exact) mass is 367 g/mol. The number of amides is 2. The minimum absolute atomic E-state index is 0.194. The summed E-state index contributed by atoms with van der Waals surface area (Å²) >= 11 is 6.85. The van der Waals surface area contributed by atoms with Gasteiger partial charge in [0.15, 0.2) is 0 Å². The summed E-state index contributed by atoms with van der Waals surface area (Å²) in [5.74, 6) is 0.193. The van der Waals surface area contributed by atoms with Crippen LogP contribution in [-0.4, -0.2) is 38.4 Å². The zero-order chi connectivity index (χ0) is 17.1. The lowest BCUT2D eigenvalue weighted by Crippen LogP contribution is -2.39. The summed E-state index contributed by atoms with van der Waals surface area (Å²) in [6.45, 7) is 2.89. The van der Waals surface area contributed by atoms with Crippen molar-refractivity contribution in [3.05, 3.63) is 40.2 Å². The fourth-order valence-corrected chi connectivity index (χ4v) is 3.09. The predicted octanol–water partition coefficient (Wildman–Crippen LogP) is 3.75. The molecule has 24 heavy (non-hydrogen) atoms. The van der Waals surface area contributed by atoms with Gasteiger partial charge in [-0.1, -0.05) is 17.2 Å². The Morgan fingerprint density at radius 3 is 2.83 bits per heavy atom. The summed E-state index contributed by atoms with van der Waals surface area (Å²) in [4.78, 5) is 22.0. The molecule has 0 aliphatic carbocycles. The average Bonchev–Trinajstić information content (AvgIpc) is 2.96. The van der Waals surface area contributed by atoms with Crippen LogP contribution in [0.2, 0.25) is 5.02 Å². The molecule has 0 radical (unpaired) electrons. The Morgan fingerprint density at radius 1 is 1.46 bits per heavy atom. The fourth-order valence-electron chi connectivity index (χ4n) is 2.38. The molecule has 0 bridgehead atoms. The van der Waals surface area contributed by atoms with E-state index in [1.807, 2.05) is 0 Å². The van der Waals surface area contributed by atoms with E-state index in [-0.39, 0.29) is 16.7 Å². The van der Waals surface area contributed by atoms with E-state index >= 15 is 0 Å². The molecule has 2 amide bonds. The van der Waals surface area contributed by atoms with Crippen molar-refractivity contribution >= 4 is 40.4 Å². The van der Waals surface area contributed by atoms with Crippen molar-refractivity contribution in [2.45, 2.75) is 19.8 Å². The second-order valence-corrected chi connectivity index (χ2v) is 6.58. The number of piperidine rings is 1. The smallest absolute Gasteiger partial charge is 0.323 e. The topological polar surface area (TPSA) is 71.0 Å². The van der Waals surface area contributed by atoms with Crippen LogP contribution in [-0.2, 0) is 0 Å². The third-order valence-electron chi connectivity index (χ3n) is 3.61. The van der Waals surface area contributed by atoms with E-state index in [9.17, 15) is 9.18 Å². The summed E-state index contributed by atoms with van der Waals surface area (Å²) in [5, 5.41) is 3.50. The molecule has 2 aromatic heterocycles. The molecule has 9 heteroatoms. The molecule has 0 spiro atoms. The van der Waals surface area contributed by atoms with Crippen molar-refractivity contribution in [3.8, 4) is 0 Å². The Balaban J connectivity index is 1.59. The van der Waals surface area contributed by atoms with Crippen molar-refractivity contribution in [2.75, 3.05) is 18.4 Å². The molecule has 0 unspecified atom stereocenters. The number of urea groups is 1. The lowest BCUT2D eigenvalue weighted by molar-refractivity contribution is 0.208. The maximum atomic E-state index is 13.8. The number of nitrogens with zero attached hydrogens (tertiary/aromatic N) is 4. The zero-order valence-electron chi connectivity index (χ0n) is 12.9. The predicted molar refractivity (Wildman–Crippen MR) is 91.7 cm³/mol. The van der Waals surface area contributed by atoms with Crippen molar-refractivity contribution in [3.63, 3.8) is 0 Å². The molecule has 3 heterocycles. The standard InChI is InChI=1S/C15H15ClFN5OS/c1-9-19-14(24-21-9)20-15(23)22-4-2-10(3-5-22)6-13-12(17)7-11(16)8-18-13/h6-8H,2-5H2,1H3,(H,19,20,21,23). The second-order valence-electron chi connectivity index (χ2n) is 5.39. The largest absolute Gasteiger partial charge is 0.324 e. The number of hydrogen-bond acceptors (Lipinski definition) is 5. The SMILES string of the molecule is Cc1nsc(NC(=O)N2CCC(=Cc3ncc(Cl)cc3F)CC2)n1. The molecule has 0 saturated carbocycles. The van der Waals surface area contributed by atoms with Crippen LogP contribution in [0.4, 0.5) is 14.3 Å². The quantitative estimate of drug-likeness (QED) is 0.877. The number of carbonyl (C=O) groups is 1. The summed E-state index contributed by atoms with van der Waals surface area (Å²) in [6.07, 6.45) is 4.50. The van der Waals surface area contributed by atoms with Crippen molar-refractivity contribution < 1.29 is 9.18 Å². The molecule has 126 valence electrons. The van der Waals surface area contributed by atoms with Gasteiger partial charge in [-0.25, -0.2) is 14.2 Å². The Labute approximate surface area is 147 Å². The molecule has 0 atom stereocenters. The number of anilines is 1. The minimum Gasteiger partial charge on any atom is -0.324 e. The van der Waals surface area contributed by atoms with Crippen LogP contribution in [0, 0.1) is 12.7 Å². The summed E-state index contributed by atoms with van der Waals surface area (Å²) < 4.78 is 17.8. The number of aryl methyl sites for hydroxylation is 1. The van der Waals surface area contributed by atoms with E-state index in [0.29, 0.717) is 36.9 Å². The normalized spacial score (nSPS) is 14.6. The van der Waals surface area contributed by atoms with E-state index in [4.69, 9.17) is 11.6 Å².